The summed E-state index contributed by atoms with van der Waals surface area (Å²) in [6.07, 6.45) is 2.58. The van der Waals surface area contributed by atoms with E-state index in [1.165, 1.54) is 16.4 Å². The number of nitrogens with two attached hydrogens (primary N) is 2. The molecule has 206 valence electrons. The van der Waals surface area contributed by atoms with Crippen molar-refractivity contribution < 1.29 is 14.7 Å². The topological polar surface area (TPSA) is 163 Å². The zero-order valence-corrected chi connectivity index (χ0v) is 22.0. The van der Waals surface area contributed by atoms with Gasteiger partial charge in [0.2, 0.25) is 5.91 Å². The lowest BCUT2D eigenvalue weighted by molar-refractivity contribution is -0.139. The van der Waals surface area contributed by atoms with Gasteiger partial charge in [0, 0.05) is 51.5 Å². The Hall–Kier alpha value is -3.32. The predicted octanol–water partition coefficient (Wildman–Crippen LogP) is -0.213. The van der Waals surface area contributed by atoms with Gasteiger partial charge in [-0.15, -0.1) is 0 Å². The highest BCUT2D eigenvalue weighted by Crippen LogP contribution is 2.18. The molecule has 0 bridgehead atoms. The van der Waals surface area contributed by atoms with Crippen LogP contribution < -0.4 is 22.5 Å². The standard InChI is InChI=1S/C26H38N8O4/c1-18-15-31(9-7-21(18)27)16-19-3-5-20(6-4-19)34-10-8-22(30-25(34)38)29-24(37)33-13-11-32(12-14-33)23(36)26(2,28)17-35/h3-6,8,10,18,21,35H,7,9,11-17,27-28H2,1-2H3,(H,29,30,37,38)/t18-,21-,26?/m1/s1. The van der Waals surface area contributed by atoms with E-state index in [9.17, 15) is 19.5 Å². The number of benzene rings is 1. The molecule has 12 nitrogen and oxygen atoms in total. The Labute approximate surface area is 222 Å². The quantitative estimate of drug-likeness (QED) is 0.402. The van der Waals surface area contributed by atoms with E-state index in [4.69, 9.17) is 11.5 Å². The summed E-state index contributed by atoms with van der Waals surface area (Å²) >= 11 is 0. The van der Waals surface area contributed by atoms with Crippen molar-refractivity contribution in [3.05, 3.63) is 52.6 Å². The number of likely N-dealkylation sites (tertiary alicyclic amines) is 1. The summed E-state index contributed by atoms with van der Waals surface area (Å²) in [5.41, 5.74) is 12.0. The molecule has 12 heteroatoms. The van der Waals surface area contributed by atoms with Crippen LogP contribution in [0.15, 0.2) is 41.3 Å². The van der Waals surface area contributed by atoms with Crippen LogP contribution in [0.3, 0.4) is 0 Å². The fraction of sp³-hybridized carbons (Fsp3) is 0.538. The van der Waals surface area contributed by atoms with Gasteiger partial charge >= 0.3 is 11.7 Å². The van der Waals surface area contributed by atoms with Crippen molar-refractivity contribution in [3.8, 4) is 5.69 Å². The number of aliphatic hydroxyl groups excluding tert-OH is 1. The lowest BCUT2D eigenvalue weighted by atomic mass is 9.94. The van der Waals surface area contributed by atoms with Gasteiger partial charge in [0.25, 0.3) is 0 Å². The van der Waals surface area contributed by atoms with Gasteiger partial charge in [-0.1, -0.05) is 19.1 Å². The minimum absolute atomic E-state index is 0.151. The molecule has 0 aliphatic carbocycles. The first-order valence-corrected chi connectivity index (χ1v) is 13.0. The maximum Gasteiger partial charge on any atom is 0.354 e. The largest absolute Gasteiger partial charge is 0.394 e. The van der Waals surface area contributed by atoms with E-state index >= 15 is 0 Å². The molecule has 2 fully saturated rings. The number of carbonyl (C=O) groups is 2. The molecular weight excluding hydrogens is 488 g/mol. The number of aromatic nitrogens is 2. The molecule has 2 aliphatic heterocycles. The Bertz CT molecular complexity index is 1190. The van der Waals surface area contributed by atoms with Crippen molar-refractivity contribution in [1.82, 2.24) is 24.3 Å². The molecule has 4 rings (SSSR count). The van der Waals surface area contributed by atoms with E-state index in [-0.39, 0.29) is 17.8 Å². The van der Waals surface area contributed by atoms with Crippen molar-refractivity contribution in [3.63, 3.8) is 0 Å². The monoisotopic (exact) mass is 526 g/mol. The van der Waals surface area contributed by atoms with Crippen LogP contribution >= 0.6 is 0 Å². The van der Waals surface area contributed by atoms with Crippen LogP contribution in [-0.4, -0.2) is 98.8 Å². The van der Waals surface area contributed by atoms with Crippen molar-refractivity contribution >= 4 is 17.8 Å². The highest BCUT2D eigenvalue weighted by Gasteiger charge is 2.34. The second kappa shape index (κ2) is 11.6. The maximum absolute atomic E-state index is 12.7. The molecule has 0 spiro atoms. The van der Waals surface area contributed by atoms with Crippen molar-refractivity contribution in [2.45, 2.75) is 38.4 Å². The van der Waals surface area contributed by atoms with Crippen molar-refractivity contribution in [1.29, 1.82) is 0 Å². The third kappa shape index (κ3) is 6.38. The lowest BCUT2D eigenvalue weighted by Gasteiger charge is -2.37. The summed E-state index contributed by atoms with van der Waals surface area (Å²) in [4.78, 5) is 47.3. The fourth-order valence-electron chi connectivity index (χ4n) is 4.81. The Morgan fingerprint density at radius 2 is 1.76 bits per heavy atom. The first-order valence-electron chi connectivity index (χ1n) is 13.0. The highest BCUT2D eigenvalue weighted by molar-refractivity contribution is 5.89. The molecule has 38 heavy (non-hydrogen) atoms. The second-order valence-electron chi connectivity index (χ2n) is 10.6. The molecule has 2 saturated heterocycles. The molecular formula is C26H38N8O4. The summed E-state index contributed by atoms with van der Waals surface area (Å²) in [5.74, 6) is 0.266. The number of hydrogen-bond donors (Lipinski definition) is 4. The normalized spacial score (nSPS) is 22.1. The van der Waals surface area contributed by atoms with Crippen LogP contribution in [0.2, 0.25) is 0 Å². The molecule has 2 aromatic rings. The molecule has 6 N–H and O–H groups in total. The average Bonchev–Trinajstić information content (AvgIpc) is 2.91. The number of anilines is 1. The van der Waals surface area contributed by atoms with Crippen molar-refractivity contribution in [2.75, 3.05) is 51.2 Å². The van der Waals surface area contributed by atoms with Crippen LogP contribution in [0.4, 0.5) is 10.6 Å². The number of carbonyl (C=O) groups excluding carboxylic acids is 2. The summed E-state index contributed by atoms with van der Waals surface area (Å²) in [5, 5.41) is 12.0. The third-order valence-corrected chi connectivity index (χ3v) is 7.39. The van der Waals surface area contributed by atoms with Gasteiger partial charge < -0.3 is 26.4 Å². The predicted molar refractivity (Wildman–Crippen MR) is 144 cm³/mol. The number of piperidine rings is 1. The van der Waals surface area contributed by atoms with E-state index in [1.54, 1.807) is 17.2 Å². The van der Waals surface area contributed by atoms with Crippen LogP contribution in [0.25, 0.3) is 5.69 Å². The average molecular weight is 527 g/mol. The van der Waals surface area contributed by atoms with E-state index in [0.29, 0.717) is 37.8 Å². The number of nitrogens with zero attached hydrogens (tertiary/aromatic N) is 5. The van der Waals surface area contributed by atoms with E-state index in [2.05, 4.69) is 22.1 Å². The van der Waals surface area contributed by atoms with Gasteiger partial charge in [0.1, 0.15) is 11.4 Å². The molecule has 0 radical (unpaired) electrons. The fourth-order valence-corrected chi connectivity index (χ4v) is 4.81. The SMILES string of the molecule is C[C@@H]1CN(Cc2ccc(-n3ccc(NC(=O)N4CCN(C(=O)C(C)(N)CO)CC4)nc3=O)cc2)CC[C@H]1N. The van der Waals surface area contributed by atoms with Gasteiger partial charge in [-0.25, -0.2) is 9.59 Å². The van der Waals surface area contributed by atoms with Gasteiger partial charge in [0.05, 0.1) is 12.3 Å². The molecule has 3 atom stereocenters. The van der Waals surface area contributed by atoms with Crippen LogP contribution in [0.1, 0.15) is 25.8 Å². The number of aliphatic hydroxyl groups is 1. The van der Waals surface area contributed by atoms with Gasteiger partial charge in [-0.3, -0.25) is 19.6 Å². The summed E-state index contributed by atoms with van der Waals surface area (Å²) < 4.78 is 1.43. The lowest BCUT2D eigenvalue weighted by Crippen LogP contribution is -2.60. The van der Waals surface area contributed by atoms with Gasteiger partial charge in [-0.2, -0.15) is 4.98 Å². The Kier molecular flexibility index (Phi) is 8.46. The molecule has 2 aliphatic rings. The number of hydrogen-bond acceptors (Lipinski definition) is 8. The molecule has 1 aromatic heterocycles. The molecule has 1 aromatic carbocycles. The summed E-state index contributed by atoms with van der Waals surface area (Å²) in [7, 11) is 0. The summed E-state index contributed by atoms with van der Waals surface area (Å²) in [6, 6.07) is 9.23. The van der Waals surface area contributed by atoms with E-state index < -0.39 is 23.9 Å². The summed E-state index contributed by atoms with van der Waals surface area (Å²) in [6.45, 7) is 7.19. The smallest absolute Gasteiger partial charge is 0.354 e. The zero-order chi connectivity index (χ0) is 27.4. The minimum atomic E-state index is -1.35. The van der Waals surface area contributed by atoms with Gasteiger partial charge in [-0.05, 0) is 49.6 Å². The van der Waals surface area contributed by atoms with E-state index in [1.807, 2.05) is 24.3 Å². The van der Waals surface area contributed by atoms with Crippen LogP contribution in [0.5, 0.6) is 0 Å². The number of piperazine rings is 1. The van der Waals surface area contributed by atoms with Crippen LogP contribution in [0, 0.1) is 5.92 Å². The first-order chi connectivity index (χ1) is 18.1. The van der Waals surface area contributed by atoms with Gasteiger partial charge in [0.15, 0.2) is 0 Å². The number of rotatable bonds is 6. The molecule has 3 amide bonds. The zero-order valence-electron chi connectivity index (χ0n) is 22.0. The Morgan fingerprint density at radius 3 is 2.37 bits per heavy atom. The number of nitrogens with one attached hydrogen (secondary N) is 1. The second-order valence-corrected chi connectivity index (χ2v) is 10.6. The molecule has 1 unspecified atom stereocenters. The first kappa shape index (κ1) is 27.7. The van der Waals surface area contributed by atoms with Crippen LogP contribution in [-0.2, 0) is 11.3 Å². The Morgan fingerprint density at radius 1 is 1.11 bits per heavy atom. The van der Waals surface area contributed by atoms with E-state index in [0.717, 1.165) is 31.6 Å². The maximum atomic E-state index is 12.7. The van der Waals surface area contributed by atoms with Crippen molar-refractivity contribution in [2.24, 2.45) is 17.4 Å². The number of urea groups is 1. The molecule has 0 saturated carbocycles. The number of amides is 3. The third-order valence-electron chi connectivity index (χ3n) is 7.39. The minimum Gasteiger partial charge on any atom is -0.394 e. The Balaban J connectivity index is 1.32. The molecule has 3 heterocycles. The highest BCUT2D eigenvalue weighted by atomic mass is 16.3.